The molecule has 0 bridgehead atoms. The molecule has 0 aliphatic heterocycles. The van der Waals surface area contributed by atoms with E-state index in [-0.39, 0.29) is 0 Å². The predicted octanol–water partition coefficient (Wildman–Crippen LogP) is 2.56. The highest BCUT2D eigenvalue weighted by Crippen LogP contribution is 2.31. The van der Waals surface area contributed by atoms with Gasteiger partial charge in [-0.2, -0.15) is 0 Å². The van der Waals surface area contributed by atoms with Crippen LogP contribution in [0.25, 0.3) is 0 Å². The molecule has 0 spiro atoms. The van der Waals surface area contributed by atoms with Gasteiger partial charge in [-0.15, -0.1) is 0 Å². The van der Waals surface area contributed by atoms with E-state index in [1.165, 1.54) is 24.9 Å². The minimum Gasteiger partial charge on any atom is -0.367 e. The smallest absolute Gasteiger partial charge is 0.0555 e. The zero-order valence-electron chi connectivity index (χ0n) is 10.9. The summed E-state index contributed by atoms with van der Waals surface area (Å²) in [5.74, 6) is 0.757. The van der Waals surface area contributed by atoms with Crippen LogP contribution in [0.15, 0.2) is 18.3 Å². The Hall–Kier alpha value is -1.09. The standard InChI is InChI=1S/C14H23N3/c1-11(2)7-8-17(13-5-6-13)14-4-3-12(9-15)16-10-14/h3-4,10-11,13H,5-9,15H2,1-2H3. The highest BCUT2D eigenvalue weighted by atomic mass is 15.2. The zero-order valence-corrected chi connectivity index (χ0v) is 10.9. The van der Waals surface area contributed by atoms with Gasteiger partial charge in [-0.1, -0.05) is 13.8 Å². The third-order valence-electron chi connectivity index (χ3n) is 3.28. The Morgan fingerprint density at radius 2 is 2.18 bits per heavy atom. The van der Waals surface area contributed by atoms with Crippen LogP contribution in [-0.4, -0.2) is 17.6 Å². The van der Waals surface area contributed by atoms with Crippen molar-refractivity contribution in [3.05, 3.63) is 24.0 Å². The summed E-state index contributed by atoms with van der Waals surface area (Å²) in [6, 6.07) is 4.95. The van der Waals surface area contributed by atoms with Gasteiger partial charge < -0.3 is 10.6 Å². The molecule has 3 heteroatoms. The van der Waals surface area contributed by atoms with E-state index in [1.807, 2.05) is 12.3 Å². The van der Waals surface area contributed by atoms with Crippen molar-refractivity contribution in [3.8, 4) is 0 Å². The van der Waals surface area contributed by atoms with E-state index in [9.17, 15) is 0 Å². The Labute approximate surface area is 104 Å². The molecule has 1 fully saturated rings. The zero-order chi connectivity index (χ0) is 12.3. The van der Waals surface area contributed by atoms with Gasteiger partial charge in [0.05, 0.1) is 17.6 Å². The first kappa shape index (κ1) is 12.4. The van der Waals surface area contributed by atoms with Crippen molar-refractivity contribution in [3.63, 3.8) is 0 Å². The van der Waals surface area contributed by atoms with Gasteiger partial charge in [0.2, 0.25) is 0 Å². The molecule has 0 atom stereocenters. The van der Waals surface area contributed by atoms with Crippen molar-refractivity contribution in [2.45, 2.75) is 45.7 Å². The van der Waals surface area contributed by atoms with Crippen LogP contribution in [0.1, 0.15) is 38.8 Å². The van der Waals surface area contributed by atoms with Crippen LogP contribution in [0.4, 0.5) is 5.69 Å². The molecule has 0 amide bonds. The van der Waals surface area contributed by atoms with Crippen molar-refractivity contribution < 1.29 is 0 Å². The Morgan fingerprint density at radius 1 is 1.41 bits per heavy atom. The molecule has 1 aliphatic rings. The molecule has 1 heterocycles. The highest BCUT2D eigenvalue weighted by Gasteiger charge is 2.29. The van der Waals surface area contributed by atoms with Crippen LogP contribution in [0.3, 0.4) is 0 Å². The predicted molar refractivity (Wildman–Crippen MR) is 72.0 cm³/mol. The maximum atomic E-state index is 5.57. The second-order valence-electron chi connectivity index (χ2n) is 5.32. The van der Waals surface area contributed by atoms with Gasteiger partial charge in [0.15, 0.2) is 0 Å². The maximum Gasteiger partial charge on any atom is 0.0555 e. The first-order valence-corrected chi connectivity index (χ1v) is 6.62. The number of hydrogen-bond acceptors (Lipinski definition) is 3. The number of rotatable bonds is 6. The Balaban J connectivity index is 2.03. The fourth-order valence-electron chi connectivity index (χ4n) is 2.01. The van der Waals surface area contributed by atoms with Crippen molar-refractivity contribution >= 4 is 5.69 Å². The number of anilines is 1. The number of nitrogens with zero attached hydrogens (tertiary/aromatic N) is 2. The molecule has 0 saturated heterocycles. The van der Waals surface area contributed by atoms with Gasteiger partial charge in [0, 0.05) is 19.1 Å². The Kier molecular flexibility index (Phi) is 4.00. The molecule has 1 saturated carbocycles. The van der Waals surface area contributed by atoms with Gasteiger partial charge >= 0.3 is 0 Å². The van der Waals surface area contributed by atoms with Crippen molar-refractivity contribution in [1.29, 1.82) is 0 Å². The lowest BCUT2D eigenvalue weighted by Gasteiger charge is -2.25. The molecule has 1 aromatic rings. The average molecular weight is 233 g/mol. The minimum atomic E-state index is 0.524. The van der Waals surface area contributed by atoms with Gasteiger partial charge in [-0.3, -0.25) is 4.98 Å². The van der Waals surface area contributed by atoms with Crippen LogP contribution in [0, 0.1) is 5.92 Å². The molecule has 1 aromatic heterocycles. The van der Waals surface area contributed by atoms with E-state index in [0.29, 0.717) is 6.54 Å². The molecule has 2 N–H and O–H groups in total. The SMILES string of the molecule is CC(C)CCN(c1ccc(CN)nc1)C1CC1. The molecule has 0 radical (unpaired) electrons. The monoisotopic (exact) mass is 233 g/mol. The molecular formula is C14H23N3. The number of nitrogens with two attached hydrogens (primary N) is 1. The second-order valence-corrected chi connectivity index (χ2v) is 5.32. The summed E-state index contributed by atoms with van der Waals surface area (Å²) in [6.45, 7) is 6.23. The third-order valence-corrected chi connectivity index (χ3v) is 3.28. The van der Waals surface area contributed by atoms with Crippen LogP contribution in [0.2, 0.25) is 0 Å². The van der Waals surface area contributed by atoms with Crippen molar-refractivity contribution in [2.75, 3.05) is 11.4 Å². The Morgan fingerprint density at radius 3 is 2.65 bits per heavy atom. The summed E-state index contributed by atoms with van der Waals surface area (Å²) in [6.07, 6.45) is 5.88. The average Bonchev–Trinajstić information content (AvgIpc) is 3.14. The largest absolute Gasteiger partial charge is 0.367 e. The molecule has 17 heavy (non-hydrogen) atoms. The van der Waals surface area contributed by atoms with E-state index < -0.39 is 0 Å². The van der Waals surface area contributed by atoms with E-state index in [4.69, 9.17) is 5.73 Å². The summed E-state index contributed by atoms with van der Waals surface area (Å²) in [5.41, 5.74) is 7.79. The maximum absolute atomic E-state index is 5.57. The molecule has 3 nitrogen and oxygen atoms in total. The van der Waals surface area contributed by atoms with E-state index in [0.717, 1.165) is 24.2 Å². The first-order chi connectivity index (χ1) is 8.20. The van der Waals surface area contributed by atoms with Gasteiger partial charge in [0.1, 0.15) is 0 Å². The lowest BCUT2D eigenvalue weighted by molar-refractivity contribution is 0.570. The molecule has 0 aromatic carbocycles. The lowest BCUT2D eigenvalue weighted by atomic mass is 10.1. The van der Waals surface area contributed by atoms with Crippen LogP contribution < -0.4 is 10.6 Å². The lowest BCUT2D eigenvalue weighted by Crippen LogP contribution is -2.27. The fraction of sp³-hybridized carbons (Fsp3) is 0.643. The summed E-state index contributed by atoms with van der Waals surface area (Å²) >= 11 is 0. The van der Waals surface area contributed by atoms with Crippen molar-refractivity contribution in [2.24, 2.45) is 11.7 Å². The van der Waals surface area contributed by atoms with E-state index in [1.54, 1.807) is 0 Å². The first-order valence-electron chi connectivity index (χ1n) is 6.62. The third kappa shape index (κ3) is 3.43. The van der Waals surface area contributed by atoms with Gasteiger partial charge in [0.25, 0.3) is 0 Å². The van der Waals surface area contributed by atoms with E-state index >= 15 is 0 Å². The number of hydrogen-bond donors (Lipinski definition) is 1. The van der Waals surface area contributed by atoms with Crippen LogP contribution in [-0.2, 0) is 6.54 Å². The molecule has 2 rings (SSSR count). The van der Waals surface area contributed by atoms with Gasteiger partial charge in [-0.25, -0.2) is 0 Å². The summed E-state index contributed by atoms with van der Waals surface area (Å²) in [4.78, 5) is 6.90. The summed E-state index contributed by atoms with van der Waals surface area (Å²) in [5, 5.41) is 0. The molecular weight excluding hydrogens is 210 g/mol. The van der Waals surface area contributed by atoms with Crippen molar-refractivity contribution in [1.82, 2.24) is 4.98 Å². The normalized spacial score (nSPS) is 15.3. The topological polar surface area (TPSA) is 42.1 Å². The van der Waals surface area contributed by atoms with Crippen LogP contribution in [0.5, 0.6) is 0 Å². The van der Waals surface area contributed by atoms with E-state index in [2.05, 4.69) is 29.8 Å². The molecule has 1 aliphatic carbocycles. The number of pyridine rings is 1. The quantitative estimate of drug-likeness (QED) is 0.821. The van der Waals surface area contributed by atoms with Gasteiger partial charge in [-0.05, 0) is 37.3 Å². The minimum absolute atomic E-state index is 0.524. The Bertz CT molecular complexity index is 341. The summed E-state index contributed by atoms with van der Waals surface area (Å²) < 4.78 is 0. The molecule has 94 valence electrons. The second kappa shape index (κ2) is 5.50. The number of aromatic nitrogens is 1. The molecule has 0 unspecified atom stereocenters. The fourth-order valence-corrected chi connectivity index (χ4v) is 2.01. The highest BCUT2D eigenvalue weighted by molar-refractivity contribution is 5.47. The summed E-state index contributed by atoms with van der Waals surface area (Å²) in [7, 11) is 0. The van der Waals surface area contributed by atoms with Crippen LogP contribution >= 0.6 is 0 Å².